The molecule has 2 aromatic rings. The van der Waals surface area contributed by atoms with E-state index in [0.717, 1.165) is 23.7 Å². The Kier molecular flexibility index (Phi) is 5.07. The third kappa shape index (κ3) is 4.03. The monoisotopic (exact) mass is 294 g/mol. The summed E-state index contributed by atoms with van der Waals surface area (Å²) in [5, 5.41) is 6.55. The molecule has 5 heteroatoms. The number of anilines is 2. The molecule has 2 aromatic carbocycles. The number of nitrogens with one attached hydrogen (secondary N) is 2. The molecular weight excluding hydrogens is 279 g/mol. The van der Waals surface area contributed by atoms with Crippen LogP contribution in [-0.4, -0.2) is 20.2 Å². The van der Waals surface area contributed by atoms with Gasteiger partial charge in [0.2, 0.25) is 0 Å². The van der Waals surface area contributed by atoms with Crippen molar-refractivity contribution < 1.29 is 9.13 Å². The Morgan fingerprint density at radius 1 is 1.05 bits per heavy atom. The van der Waals surface area contributed by atoms with Crippen LogP contribution in [-0.2, 0) is 0 Å². The smallest absolute Gasteiger partial charge is 0.141 e. The molecule has 0 saturated heterocycles. The van der Waals surface area contributed by atoms with Crippen LogP contribution in [0.3, 0.4) is 0 Å². The van der Waals surface area contributed by atoms with Crippen LogP contribution in [0.2, 0.25) is 5.02 Å². The first-order chi connectivity index (χ1) is 9.69. The van der Waals surface area contributed by atoms with Gasteiger partial charge in [-0.2, -0.15) is 0 Å². The molecule has 0 saturated carbocycles. The number of rotatable bonds is 6. The number of hydrogen-bond acceptors (Lipinski definition) is 3. The molecule has 0 heterocycles. The van der Waals surface area contributed by atoms with E-state index in [-0.39, 0.29) is 5.02 Å². The molecule has 0 bridgehead atoms. The third-order valence-electron chi connectivity index (χ3n) is 2.77. The van der Waals surface area contributed by atoms with Crippen molar-refractivity contribution in [1.29, 1.82) is 0 Å². The van der Waals surface area contributed by atoms with Crippen molar-refractivity contribution in [3.05, 3.63) is 53.3 Å². The van der Waals surface area contributed by atoms with E-state index in [1.54, 1.807) is 19.2 Å². The number of ether oxygens (including phenoxy) is 1. The van der Waals surface area contributed by atoms with Crippen LogP contribution in [0.5, 0.6) is 5.75 Å². The van der Waals surface area contributed by atoms with Gasteiger partial charge in [0.15, 0.2) is 0 Å². The summed E-state index contributed by atoms with van der Waals surface area (Å²) < 4.78 is 18.1. The summed E-state index contributed by atoms with van der Waals surface area (Å²) >= 11 is 5.71. The van der Waals surface area contributed by atoms with Crippen molar-refractivity contribution in [2.45, 2.75) is 0 Å². The molecule has 0 amide bonds. The first-order valence-corrected chi connectivity index (χ1v) is 6.63. The largest absolute Gasteiger partial charge is 0.497 e. The summed E-state index contributed by atoms with van der Waals surface area (Å²) in [7, 11) is 1.64. The van der Waals surface area contributed by atoms with E-state index in [4.69, 9.17) is 16.3 Å². The van der Waals surface area contributed by atoms with Crippen LogP contribution in [0, 0.1) is 5.82 Å². The van der Waals surface area contributed by atoms with E-state index in [1.165, 1.54) is 6.07 Å². The molecule has 0 aromatic heterocycles. The van der Waals surface area contributed by atoms with Crippen LogP contribution in [0.15, 0.2) is 42.5 Å². The minimum absolute atomic E-state index is 0.121. The second-order valence-corrected chi connectivity index (χ2v) is 4.62. The first-order valence-electron chi connectivity index (χ1n) is 6.26. The van der Waals surface area contributed by atoms with Crippen LogP contribution in [0.4, 0.5) is 15.8 Å². The Balaban J connectivity index is 1.79. The number of halogens is 2. The summed E-state index contributed by atoms with van der Waals surface area (Å²) in [6.45, 7) is 1.42. The maximum Gasteiger partial charge on any atom is 0.141 e. The van der Waals surface area contributed by atoms with Gasteiger partial charge < -0.3 is 15.4 Å². The standard InChI is InChI=1S/C15H16ClFN2O/c1-20-13-4-2-3-11(9-13)18-7-8-19-12-5-6-15(17)14(16)10-12/h2-6,9-10,18-19H,7-8H2,1H3. The minimum atomic E-state index is -0.410. The molecular formula is C15H16ClFN2O. The van der Waals surface area contributed by atoms with Gasteiger partial charge in [0.1, 0.15) is 11.6 Å². The zero-order valence-corrected chi connectivity index (χ0v) is 11.9. The minimum Gasteiger partial charge on any atom is -0.497 e. The first kappa shape index (κ1) is 14.5. The summed E-state index contributed by atoms with van der Waals surface area (Å²) in [5.74, 6) is 0.403. The van der Waals surface area contributed by atoms with E-state index in [9.17, 15) is 4.39 Å². The predicted octanol–water partition coefficient (Wildman–Crippen LogP) is 4.01. The molecule has 2 N–H and O–H groups in total. The second-order valence-electron chi connectivity index (χ2n) is 4.21. The van der Waals surface area contributed by atoms with Crippen LogP contribution >= 0.6 is 11.6 Å². The van der Waals surface area contributed by atoms with Gasteiger partial charge in [-0.1, -0.05) is 17.7 Å². The molecule has 2 rings (SSSR count). The molecule has 0 fully saturated rings. The van der Waals surface area contributed by atoms with Gasteiger partial charge in [-0.15, -0.1) is 0 Å². The molecule has 0 aliphatic carbocycles. The lowest BCUT2D eigenvalue weighted by Crippen LogP contribution is -2.13. The molecule has 3 nitrogen and oxygen atoms in total. The zero-order chi connectivity index (χ0) is 14.4. The van der Waals surface area contributed by atoms with Crippen LogP contribution in [0.1, 0.15) is 0 Å². The van der Waals surface area contributed by atoms with E-state index < -0.39 is 5.82 Å². The summed E-state index contributed by atoms with van der Waals surface area (Å²) in [5.41, 5.74) is 1.78. The highest BCUT2D eigenvalue weighted by molar-refractivity contribution is 6.31. The normalized spacial score (nSPS) is 10.2. The van der Waals surface area contributed by atoms with Gasteiger partial charge in [0.25, 0.3) is 0 Å². The zero-order valence-electron chi connectivity index (χ0n) is 11.1. The van der Waals surface area contributed by atoms with Gasteiger partial charge in [-0.3, -0.25) is 0 Å². The van der Waals surface area contributed by atoms with Crippen molar-refractivity contribution in [2.24, 2.45) is 0 Å². The van der Waals surface area contributed by atoms with E-state index >= 15 is 0 Å². The fraction of sp³-hybridized carbons (Fsp3) is 0.200. The van der Waals surface area contributed by atoms with Gasteiger partial charge in [0.05, 0.1) is 12.1 Å². The predicted molar refractivity (Wildman–Crippen MR) is 81.4 cm³/mol. The van der Waals surface area contributed by atoms with Gasteiger partial charge in [-0.25, -0.2) is 4.39 Å². The fourth-order valence-corrected chi connectivity index (χ4v) is 1.93. The molecule has 0 radical (unpaired) electrons. The molecule has 0 aliphatic rings. The van der Waals surface area contributed by atoms with Gasteiger partial charge in [-0.05, 0) is 30.3 Å². The number of benzene rings is 2. The lowest BCUT2D eigenvalue weighted by molar-refractivity contribution is 0.415. The summed E-state index contributed by atoms with van der Waals surface area (Å²) in [4.78, 5) is 0. The molecule has 106 valence electrons. The average Bonchev–Trinajstić information content (AvgIpc) is 2.47. The quantitative estimate of drug-likeness (QED) is 0.790. The Morgan fingerprint density at radius 2 is 1.75 bits per heavy atom. The van der Waals surface area contributed by atoms with Crippen molar-refractivity contribution in [1.82, 2.24) is 0 Å². The van der Waals surface area contributed by atoms with E-state index in [0.29, 0.717) is 6.54 Å². The highest BCUT2D eigenvalue weighted by atomic mass is 35.5. The van der Waals surface area contributed by atoms with Crippen molar-refractivity contribution in [3.8, 4) is 5.75 Å². The average molecular weight is 295 g/mol. The third-order valence-corrected chi connectivity index (χ3v) is 3.06. The van der Waals surface area contributed by atoms with Crippen molar-refractivity contribution >= 4 is 23.0 Å². The number of hydrogen-bond donors (Lipinski definition) is 2. The Bertz CT molecular complexity index is 578. The van der Waals surface area contributed by atoms with E-state index in [1.807, 2.05) is 24.3 Å². The molecule has 0 atom stereocenters. The van der Waals surface area contributed by atoms with E-state index in [2.05, 4.69) is 10.6 Å². The van der Waals surface area contributed by atoms with Crippen LogP contribution in [0.25, 0.3) is 0 Å². The lowest BCUT2D eigenvalue weighted by Gasteiger charge is -2.10. The Labute approximate surface area is 122 Å². The van der Waals surface area contributed by atoms with Gasteiger partial charge in [0, 0.05) is 30.5 Å². The van der Waals surface area contributed by atoms with Crippen LogP contribution < -0.4 is 15.4 Å². The molecule has 0 spiro atoms. The van der Waals surface area contributed by atoms with Crippen molar-refractivity contribution in [3.63, 3.8) is 0 Å². The molecule has 0 unspecified atom stereocenters. The topological polar surface area (TPSA) is 33.3 Å². The highest BCUT2D eigenvalue weighted by Gasteiger charge is 2.00. The molecule has 0 aliphatic heterocycles. The maximum atomic E-state index is 13.0. The molecule has 20 heavy (non-hydrogen) atoms. The maximum absolute atomic E-state index is 13.0. The highest BCUT2D eigenvalue weighted by Crippen LogP contribution is 2.19. The second kappa shape index (κ2) is 7.01. The Hall–Kier alpha value is -1.94. The van der Waals surface area contributed by atoms with Gasteiger partial charge >= 0.3 is 0 Å². The Morgan fingerprint density at radius 3 is 2.40 bits per heavy atom. The number of methoxy groups -OCH3 is 1. The fourth-order valence-electron chi connectivity index (χ4n) is 1.75. The van der Waals surface area contributed by atoms with Crippen molar-refractivity contribution in [2.75, 3.05) is 30.8 Å². The lowest BCUT2D eigenvalue weighted by atomic mass is 10.3. The SMILES string of the molecule is COc1cccc(NCCNc2ccc(F)c(Cl)c2)c1. The summed E-state index contributed by atoms with van der Waals surface area (Å²) in [6.07, 6.45) is 0. The summed E-state index contributed by atoms with van der Waals surface area (Å²) in [6, 6.07) is 12.3.